The van der Waals surface area contributed by atoms with Gasteiger partial charge < -0.3 is 0 Å². The van der Waals surface area contributed by atoms with Crippen molar-refractivity contribution in [3.63, 3.8) is 0 Å². The van der Waals surface area contributed by atoms with Crippen molar-refractivity contribution in [3.05, 3.63) is 47.8 Å². The topological polar surface area (TPSA) is 25.2 Å². The molecule has 0 amide bonds. The Hall–Kier alpha value is -1.96. The van der Waals surface area contributed by atoms with Crippen LogP contribution in [-0.2, 0) is 0 Å². The average molecular weight is 266 g/mol. The molecule has 104 valence electrons. The van der Waals surface area contributed by atoms with Crippen molar-refractivity contribution in [2.75, 3.05) is 0 Å². The highest BCUT2D eigenvalue weighted by Crippen LogP contribution is 2.27. The minimum atomic E-state index is 0.468. The molecule has 2 heteroatoms. The molecule has 0 fully saturated rings. The minimum Gasteiger partial charge on any atom is -0.260 e. The largest absolute Gasteiger partial charge is 0.260 e. The lowest BCUT2D eigenvalue weighted by atomic mass is 10.0. The van der Waals surface area contributed by atoms with Crippen LogP contribution >= 0.6 is 0 Å². The molecular formula is C18H22N2. The van der Waals surface area contributed by atoms with Crippen molar-refractivity contribution < 1.29 is 0 Å². The van der Waals surface area contributed by atoms with E-state index in [1.807, 2.05) is 20.0 Å². The summed E-state index contributed by atoms with van der Waals surface area (Å²) >= 11 is 0. The first kappa shape index (κ1) is 14.4. The van der Waals surface area contributed by atoms with Crippen molar-refractivity contribution in [2.24, 2.45) is 4.99 Å². The highest BCUT2D eigenvalue weighted by Gasteiger charge is 2.04. The smallest absolute Gasteiger partial charge is 0.0658 e. The van der Waals surface area contributed by atoms with Gasteiger partial charge in [-0.25, -0.2) is 0 Å². The summed E-state index contributed by atoms with van der Waals surface area (Å²) in [5, 5.41) is 0. The Morgan fingerprint density at radius 3 is 2.25 bits per heavy atom. The van der Waals surface area contributed by atoms with E-state index in [1.54, 1.807) is 0 Å². The third-order valence-corrected chi connectivity index (χ3v) is 3.25. The SMILES string of the molecule is CC(C)=Nc1ccc(-c2ccc(C(C)C)nc2)cc1C. The van der Waals surface area contributed by atoms with Gasteiger partial charge in [-0.3, -0.25) is 9.98 Å². The fourth-order valence-electron chi connectivity index (χ4n) is 2.12. The second kappa shape index (κ2) is 6.00. The van der Waals surface area contributed by atoms with Crippen LogP contribution in [0.2, 0.25) is 0 Å². The van der Waals surface area contributed by atoms with E-state index in [9.17, 15) is 0 Å². The summed E-state index contributed by atoms with van der Waals surface area (Å²) in [6, 6.07) is 10.6. The third kappa shape index (κ3) is 3.32. The molecule has 0 aliphatic carbocycles. The number of benzene rings is 1. The fraction of sp³-hybridized carbons (Fsp3) is 0.333. The van der Waals surface area contributed by atoms with Crippen LogP contribution in [0.5, 0.6) is 0 Å². The molecule has 2 nitrogen and oxygen atoms in total. The molecule has 0 unspecified atom stereocenters. The lowest BCUT2D eigenvalue weighted by molar-refractivity contribution is 0.823. The number of rotatable bonds is 3. The monoisotopic (exact) mass is 266 g/mol. The quantitative estimate of drug-likeness (QED) is 0.693. The normalized spacial score (nSPS) is 10.7. The molecule has 2 aromatic rings. The predicted octanol–water partition coefficient (Wildman–Crippen LogP) is 5.29. The van der Waals surface area contributed by atoms with Crippen LogP contribution < -0.4 is 0 Å². The Kier molecular flexibility index (Phi) is 4.33. The molecule has 0 saturated heterocycles. The minimum absolute atomic E-state index is 0.468. The molecular weight excluding hydrogens is 244 g/mol. The molecule has 0 aliphatic rings. The molecule has 2 rings (SSSR count). The van der Waals surface area contributed by atoms with Gasteiger partial charge >= 0.3 is 0 Å². The summed E-state index contributed by atoms with van der Waals surface area (Å²) < 4.78 is 0. The molecule has 0 bridgehead atoms. The van der Waals surface area contributed by atoms with Crippen LogP contribution in [0.15, 0.2) is 41.5 Å². The summed E-state index contributed by atoms with van der Waals surface area (Å²) in [6.07, 6.45) is 1.96. The van der Waals surface area contributed by atoms with E-state index in [0.29, 0.717) is 5.92 Å². The molecule has 0 aliphatic heterocycles. The van der Waals surface area contributed by atoms with Gasteiger partial charge in [0.15, 0.2) is 0 Å². The maximum Gasteiger partial charge on any atom is 0.0658 e. The van der Waals surface area contributed by atoms with Crippen molar-refractivity contribution >= 4 is 11.4 Å². The maximum atomic E-state index is 4.53. The molecule has 1 aromatic carbocycles. The zero-order chi connectivity index (χ0) is 14.7. The van der Waals surface area contributed by atoms with E-state index in [0.717, 1.165) is 22.7 Å². The van der Waals surface area contributed by atoms with E-state index < -0.39 is 0 Å². The van der Waals surface area contributed by atoms with Gasteiger partial charge in [-0.2, -0.15) is 0 Å². The lowest BCUT2D eigenvalue weighted by Crippen LogP contribution is -1.92. The third-order valence-electron chi connectivity index (χ3n) is 3.25. The lowest BCUT2D eigenvalue weighted by Gasteiger charge is -2.08. The van der Waals surface area contributed by atoms with Crippen LogP contribution in [0.4, 0.5) is 5.69 Å². The van der Waals surface area contributed by atoms with Gasteiger partial charge in [-0.1, -0.05) is 26.0 Å². The van der Waals surface area contributed by atoms with Crippen LogP contribution in [0.25, 0.3) is 11.1 Å². The standard InChI is InChI=1S/C18H22N2/c1-12(2)17-8-7-16(11-19-17)15-6-9-18(14(5)10-15)20-13(3)4/h6-12H,1-5H3. The molecule has 0 spiro atoms. The van der Waals surface area contributed by atoms with Crippen molar-refractivity contribution in [1.82, 2.24) is 4.98 Å². The van der Waals surface area contributed by atoms with Crippen molar-refractivity contribution in [3.8, 4) is 11.1 Å². The Morgan fingerprint density at radius 1 is 1.05 bits per heavy atom. The second-order valence-corrected chi connectivity index (χ2v) is 5.69. The van der Waals surface area contributed by atoms with Gasteiger partial charge in [0.1, 0.15) is 0 Å². The summed E-state index contributed by atoms with van der Waals surface area (Å²) in [5.74, 6) is 0.468. The molecule has 1 aromatic heterocycles. The number of hydrogen-bond donors (Lipinski definition) is 0. The predicted molar refractivity (Wildman–Crippen MR) is 86.9 cm³/mol. The Balaban J connectivity index is 2.34. The molecule has 20 heavy (non-hydrogen) atoms. The van der Waals surface area contributed by atoms with E-state index in [-0.39, 0.29) is 0 Å². The van der Waals surface area contributed by atoms with Gasteiger partial charge in [0.2, 0.25) is 0 Å². The van der Waals surface area contributed by atoms with Gasteiger partial charge in [0.05, 0.1) is 5.69 Å². The second-order valence-electron chi connectivity index (χ2n) is 5.69. The summed E-state index contributed by atoms with van der Waals surface area (Å²) in [5.41, 5.74) is 6.79. The van der Waals surface area contributed by atoms with E-state index in [1.165, 1.54) is 11.1 Å². The summed E-state index contributed by atoms with van der Waals surface area (Å²) in [4.78, 5) is 9.06. The summed E-state index contributed by atoms with van der Waals surface area (Å²) in [7, 11) is 0. The van der Waals surface area contributed by atoms with Gasteiger partial charge in [-0.15, -0.1) is 0 Å². The summed E-state index contributed by atoms with van der Waals surface area (Å²) in [6.45, 7) is 10.4. The number of aliphatic imine (C=N–C) groups is 1. The van der Waals surface area contributed by atoms with Crippen molar-refractivity contribution in [2.45, 2.75) is 40.5 Å². The van der Waals surface area contributed by atoms with Crippen LogP contribution in [0, 0.1) is 6.92 Å². The zero-order valence-electron chi connectivity index (χ0n) is 12.9. The number of hydrogen-bond acceptors (Lipinski definition) is 2. The molecule has 0 radical (unpaired) electrons. The van der Waals surface area contributed by atoms with Gasteiger partial charge in [-0.05, 0) is 56.0 Å². The molecule has 0 N–H and O–H groups in total. The van der Waals surface area contributed by atoms with Crippen LogP contribution in [0.3, 0.4) is 0 Å². The van der Waals surface area contributed by atoms with Crippen LogP contribution in [-0.4, -0.2) is 10.7 Å². The van der Waals surface area contributed by atoms with Crippen molar-refractivity contribution in [1.29, 1.82) is 0 Å². The first-order chi connectivity index (χ1) is 9.47. The number of pyridine rings is 1. The number of nitrogens with zero attached hydrogens (tertiary/aromatic N) is 2. The van der Waals surface area contributed by atoms with E-state index in [4.69, 9.17) is 0 Å². The highest BCUT2D eigenvalue weighted by atomic mass is 14.7. The Labute approximate surface area is 121 Å². The van der Waals surface area contributed by atoms with Gasteiger partial charge in [0, 0.05) is 23.2 Å². The highest BCUT2D eigenvalue weighted by molar-refractivity contribution is 5.83. The maximum absolute atomic E-state index is 4.53. The van der Waals surface area contributed by atoms with E-state index >= 15 is 0 Å². The molecule has 0 saturated carbocycles. The molecule has 0 atom stereocenters. The average Bonchev–Trinajstić information content (AvgIpc) is 2.41. The van der Waals surface area contributed by atoms with Gasteiger partial charge in [0.25, 0.3) is 0 Å². The zero-order valence-corrected chi connectivity index (χ0v) is 12.9. The van der Waals surface area contributed by atoms with E-state index in [2.05, 4.69) is 61.1 Å². The number of aryl methyl sites for hydroxylation is 1. The first-order valence-electron chi connectivity index (χ1n) is 7.06. The fourth-order valence-corrected chi connectivity index (χ4v) is 2.12. The molecule has 1 heterocycles. The number of aromatic nitrogens is 1. The first-order valence-corrected chi connectivity index (χ1v) is 7.06. The Bertz CT molecular complexity index is 618. The Morgan fingerprint density at radius 2 is 1.75 bits per heavy atom. The van der Waals surface area contributed by atoms with Crippen LogP contribution in [0.1, 0.15) is 44.9 Å².